The number of ether oxygens (including phenoxy) is 1. The van der Waals surface area contributed by atoms with E-state index in [-0.39, 0.29) is 19.8 Å². The number of nitrogens with one attached hydrogen (secondary N) is 1. The summed E-state index contributed by atoms with van der Waals surface area (Å²) in [7, 11) is 0. The van der Waals surface area contributed by atoms with Gasteiger partial charge in [-0.05, 0) is 6.07 Å². The quantitative estimate of drug-likeness (QED) is 0.857. The summed E-state index contributed by atoms with van der Waals surface area (Å²) < 4.78 is 45.2. The minimum absolute atomic E-state index is 0.0449. The fraction of sp³-hybridized carbons (Fsp3) is 0.188. The number of carbonyl (C=O) groups excluding carboxylic acids is 1. The van der Waals surface area contributed by atoms with Gasteiger partial charge >= 0.3 is 0 Å². The van der Waals surface area contributed by atoms with Gasteiger partial charge in [0, 0.05) is 24.2 Å². The molecule has 0 bridgehead atoms. The molecule has 2 N–H and O–H groups in total. The van der Waals surface area contributed by atoms with Crippen LogP contribution in [-0.2, 0) is 6.54 Å². The Kier molecular flexibility index (Phi) is 5.59. The highest BCUT2D eigenvalue weighted by atomic mass is 19.1. The maximum absolute atomic E-state index is 13.5. The second-order valence-electron chi connectivity index (χ2n) is 4.61. The Bertz CT molecular complexity index is 684. The first kappa shape index (κ1) is 16.8. The number of rotatable bonds is 6. The Hall–Kier alpha value is -2.54. The number of hydrogen-bond donors (Lipinski definition) is 2. The number of aliphatic hydroxyl groups excluding tert-OH is 1. The molecule has 0 radical (unpaired) electrons. The first-order valence-corrected chi connectivity index (χ1v) is 6.77. The Balaban J connectivity index is 2.11. The van der Waals surface area contributed by atoms with E-state index in [9.17, 15) is 18.0 Å². The van der Waals surface area contributed by atoms with Crippen molar-refractivity contribution in [2.45, 2.75) is 6.54 Å². The predicted molar refractivity (Wildman–Crippen MR) is 76.5 cm³/mol. The lowest BCUT2D eigenvalue weighted by Gasteiger charge is -2.12. The lowest BCUT2D eigenvalue weighted by molar-refractivity contribution is 0.0941. The fourth-order valence-electron chi connectivity index (χ4n) is 1.97. The molecule has 1 amide bonds. The van der Waals surface area contributed by atoms with Crippen LogP contribution >= 0.6 is 0 Å². The fourth-order valence-corrected chi connectivity index (χ4v) is 1.97. The average molecular weight is 325 g/mol. The Morgan fingerprint density at radius 1 is 1.13 bits per heavy atom. The van der Waals surface area contributed by atoms with Crippen molar-refractivity contribution in [3.05, 3.63) is 65.0 Å². The molecule has 7 heteroatoms. The number of halogens is 3. The van der Waals surface area contributed by atoms with Crippen molar-refractivity contribution in [3.63, 3.8) is 0 Å². The standard InChI is InChI=1S/C16H14F3NO3/c17-11-7-12(18)15(13(19)8-11)16(22)20-9-10-3-1-2-4-14(10)23-6-5-21/h1-4,7-8,21H,5-6,9H2,(H,20,22). The number of para-hydroxylation sites is 1. The van der Waals surface area contributed by atoms with Gasteiger partial charge in [-0.2, -0.15) is 0 Å². The molecule has 23 heavy (non-hydrogen) atoms. The topological polar surface area (TPSA) is 58.6 Å². The van der Waals surface area contributed by atoms with Gasteiger partial charge in [0.05, 0.1) is 6.61 Å². The zero-order valence-corrected chi connectivity index (χ0v) is 12.0. The maximum atomic E-state index is 13.5. The lowest BCUT2D eigenvalue weighted by Crippen LogP contribution is -2.25. The summed E-state index contributed by atoms with van der Waals surface area (Å²) >= 11 is 0. The van der Waals surface area contributed by atoms with E-state index in [1.807, 2.05) is 0 Å². The van der Waals surface area contributed by atoms with Crippen molar-refractivity contribution in [2.24, 2.45) is 0 Å². The van der Waals surface area contributed by atoms with Crippen LogP contribution in [0.3, 0.4) is 0 Å². The molecule has 2 rings (SSSR count). The van der Waals surface area contributed by atoms with Crippen LogP contribution in [0.25, 0.3) is 0 Å². The van der Waals surface area contributed by atoms with Crippen molar-refractivity contribution in [1.82, 2.24) is 5.32 Å². The largest absolute Gasteiger partial charge is 0.491 e. The molecule has 0 atom stereocenters. The van der Waals surface area contributed by atoms with Crippen molar-refractivity contribution in [2.75, 3.05) is 13.2 Å². The monoisotopic (exact) mass is 325 g/mol. The van der Waals surface area contributed by atoms with Crippen LogP contribution in [0.4, 0.5) is 13.2 Å². The molecule has 2 aromatic carbocycles. The summed E-state index contributed by atoms with van der Waals surface area (Å²) in [6.45, 7) is -0.143. The molecule has 0 aliphatic heterocycles. The van der Waals surface area contributed by atoms with Crippen molar-refractivity contribution < 1.29 is 27.8 Å². The van der Waals surface area contributed by atoms with E-state index in [0.717, 1.165) is 0 Å². The highest BCUT2D eigenvalue weighted by Crippen LogP contribution is 2.19. The molecule has 0 aromatic heterocycles. The van der Waals surface area contributed by atoms with Gasteiger partial charge in [-0.15, -0.1) is 0 Å². The maximum Gasteiger partial charge on any atom is 0.257 e. The number of amides is 1. The third-order valence-corrected chi connectivity index (χ3v) is 2.99. The summed E-state index contributed by atoms with van der Waals surface area (Å²) in [6.07, 6.45) is 0. The van der Waals surface area contributed by atoms with E-state index in [0.29, 0.717) is 23.4 Å². The summed E-state index contributed by atoms with van der Waals surface area (Å²) in [6, 6.07) is 7.58. The third-order valence-electron chi connectivity index (χ3n) is 2.99. The zero-order valence-electron chi connectivity index (χ0n) is 12.0. The molecule has 4 nitrogen and oxygen atoms in total. The van der Waals surface area contributed by atoms with Crippen LogP contribution in [0.15, 0.2) is 36.4 Å². The first-order chi connectivity index (χ1) is 11.0. The van der Waals surface area contributed by atoms with E-state index in [4.69, 9.17) is 9.84 Å². The first-order valence-electron chi connectivity index (χ1n) is 6.77. The second kappa shape index (κ2) is 7.64. The molecule has 0 fully saturated rings. The smallest absolute Gasteiger partial charge is 0.257 e. The third kappa shape index (κ3) is 4.23. The Morgan fingerprint density at radius 3 is 2.43 bits per heavy atom. The molecule has 0 saturated carbocycles. The van der Waals surface area contributed by atoms with Gasteiger partial charge in [0.2, 0.25) is 0 Å². The number of benzene rings is 2. The van der Waals surface area contributed by atoms with Gasteiger partial charge in [0.1, 0.15) is 35.4 Å². The highest BCUT2D eigenvalue weighted by molar-refractivity contribution is 5.94. The number of hydrogen-bond acceptors (Lipinski definition) is 3. The van der Waals surface area contributed by atoms with Gasteiger partial charge < -0.3 is 15.2 Å². The molecule has 0 aliphatic rings. The van der Waals surface area contributed by atoms with Gasteiger partial charge in [-0.3, -0.25) is 4.79 Å². The van der Waals surface area contributed by atoms with Gasteiger partial charge in [-0.1, -0.05) is 18.2 Å². The van der Waals surface area contributed by atoms with Crippen molar-refractivity contribution in [3.8, 4) is 5.75 Å². The van der Waals surface area contributed by atoms with Crippen molar-refractivity contribution >= 4 is 5.91 Å². The predicted octanol–water partition coefficient (Wildman–Crippen LogP) is 2.41. The Morgan fingerprint density at radius 2 is 1.78 bits per heavy atom. The molecule has 2 aromatic rings. The van der Waals surface area contributed by atoms with E-state index in [2.05, 4.69) is 5.32 Å². The van der Waals surface area contributed by atoms with Gasteiger partial charge in [0.25, 0.3) is 5.91 Å². The van der Waals surface area contributed by atoms with Gasteiger partial charge in [-0.25, -0.2) is 13.2 Å². The van der Waals surface area contributed by atoms with Crippen molar-refractivity contribution in [1.29, 1.82) is 0 Å². The molecule has 0 spiro atoms. The van der Waals surface area contributed by atoms with Crippen LogP contribution in [-0.4, -0.2) is 24.2 Å². The minimum atomic E-state index is -1.27. The van der Waals surface area contributed by atoms with E-state index in [1.54, 1.807) is 24.3 Å². The second-order valence-corrected chi connectivity index (χ2v) is 4.61. The van der Waals surface area contributed by atoms with Gasteiger partial charge in [0.15, 0.2) is 0 Å². The summed E-state index contributed by atoms with van der Waals surface area (Å²) in [4.78, 5) is 11.9. The molecular formula is C16H14F3NO3. The van der Waals surface area contributed by atoms with Crippen LogP contribution in [0.1, 0.15) is 15.9 Å². The summed E-state index contributed by atoms with van der Waals surface area (Å²) in [5, 5.41) is 11.1. The Labute approximate surface area is 130 Å². The summed E-state index contributed by atoms with van der Waals surface area (Å²) in [5.74, 6) is -4.22. The molecular weight excluding hydrogens is 311 g/mol. The molecule has 0 heterocycles. The molecule has 0 unspecified atom stereocenters. The molecule has 0 saturated heterocycles. The van der Waals surface area contributed by atoms with E-state index in [1.165, 1.54) is 0 Å². The van der Waals surface area contributed by atoms with E-state index < -0.39 is 28.9 Å². The SMILES string of the molecule is O=C(NCc1ccccc1OCCO)c1c(F)cc(F)cc1F. The van der Waals surface area contributed by atoms with Crippen LogP contribution < -0.4 is 10.1 Å². The highest BCUT2D eigenvalue weighted by Gasteiger charge is 2.19. The zero-order chi connectivity index (χ0) is 16.8. The normalized spacial score (nSPS) is 10.4. The lowest BCUT2D eigenvalue weighted by atomic mass is 10.1. The molecule has 0 aliphatic carbocycles. The van der Waals surface area contributed by atoms with E-state index >= 15 is 0 Å². The number of carbonyl (C=O) groups is 1. The van der Waals surface area contributed by atoms with Crippen LogP contribution in [0, 0.1) is 17.5 Å². The van der Waals surface area contributed by atoms with Crippen LogP contribution in [0.2, 0.25) is 0 Å². The van der Waals surface area contributed by atoms with Crippen LogP contribution in [0.5, 0.6) is 5.75 Å². The molecule has 122 valence electrons. The summed E-state index contributed by atoms with van der Waals surface area (Å²) in [5.41, 5.74) is -0.280. The average Bonchev–Trinajstić information content (AvgIpc) is 2.50. The minimum Gasteiger partial charge on any atom is -0.491 e. The number of aliphatic hydroxyl groups is 1.